The van der Waals surface area contributed by atoms with E-state index in [1.807, 2.05) is 13.8 Å². The minimum atomic E-state index is -1.02. The van der Waals surface area contributed by atoms with Gasteiger partial charge >= 0.3 is 5.97 Å². The Balaban J connectivity index is 3.20. The van der Waals surface area contributed by atoms with Crippen LogP contribution in [0.3, 0.4) is 0 Å². The van der Waals surface area contributed by atoms with Crippen LogP contribution in [0.15, 0.2) is 4.99 Å². The van der Waals surface area contributed by atoms with Gasteiger partial charge in [-0.3, -0.25) is 9.59 Å². The molecule has 1 aliphatic carbocycles. The second kappa shape index (κ2) is 8.14. The van der Waals surface area contributed by atoms with E-state index in [1.54, 1.807) is 0 Å². The summed E-state index contributed by atoms with van der Waals surface area (Å²) in [5.41, 5.74) is 10.7. The van der Waals surface area contributed by atoms with Crippen LogP contribution < -0.4 is 16.8 Å². The molecule has 8 heteroatoms. The largest absolute Gasteiger partial charge is 0.481 e. The average molecular weight is 328 g/mol. The second-order valence-corrected chi connectivity index (χ2v) is 6.17. The van der Waals surface area contributed by atoms with E-state index in [1.165, 1.54) is 6.92 Å². The van der Waals surface area contributed by atoms with Gasteiger partial charge in [0, 0.05) is 18.9 Å². The lowest BCUT2D eigenvalue weighted by Gasteiger charge is -2.35. The van der Waals surface area contributed by atoms with Crippen LogP contribution in [0.25, 0.3) is 0 Å². The lowest BCUT2D eigenvalue weighted by molar-refractivity contribution is -0.145. The Hall–Kier alpha value is -1.83. The molecule has 0 aromatic heterocycles. The second-order valence-electron chi connectivity index (χ2n) is 6.17. The van der Waals surface area contributed by atoms with Crippen molar-refractivity contribution in [3.8, 4) is 0 Å². The summed E-state index contributed by atoms with van der Waals surface area (Å²) in [5.74, 6) is -2.81. The Morgan fingerprint density at radius 3 is 2.26 bits per heavy atom. The highest BCUT2D eigenvalue weighted by Gasteiger charge is 2.51. The third-order valence-electron chi connectivity index (χ3n) is 4.72. The van der Waals surface area contributed by atoms with Crippen LogP contribution in [-0.4, -0.2) is 46.2 Å². The minimum absolute atomic E-state index is 0.0679. The van der Waals surface area contributed by atoms with Gasteiger partial charge in [0.15, 0.2) is 5.96 Å². The van der Waals surface area contributed by atoms with Crippen molar-refractivity contribution in [2.24, 2.45) is 34.2 Å². The highest BCUT2D eigenvalue weighted by molar-refractivity contribution is 5.77. The molecule has 0 saturated heterocycles. The predicted octanol–water partition coefficient (Wildman–Crippen LogP) is -0.349. The Morgan fingerprint density at radius 1 is 1.30 bits per heavy atom. The Morgan fingerprint density at radius 2 is 1.87 bits per heavy atom. The van der Waals surface area contributed by atoms with Crippen molar-refractivity contribution in [2.45, 2.75) is 58.2 Å². The summed E-state index contributed by atoms with van der Waals surface area (Å²) in [6, 6.07) is -1.10. The number of nitrogens with zero attached hydrogens (tertiary/aromatic N) is 1. The third kappa shape index (κ3) is 4.57. The quantitative estimate of drug-likeness (QED) is 0.318. The molecule has 0 aliphatic heterocycles. The van der Waals surface area contributed by atoms with Crippen molar-refractivity contribution in [1.82, 2.24) is 5.32 Å². The number of rotatable bonds is 7. The molecule has 132 valence electrons. The van der Waals surface area contributed by atoms with E-state index in [0.29, 0.717) is 0 Å². The first-order valence-corrected chi connectivity index (χ1v) is 7.99. The topological polar surface area (TPSA) is 151 Å². The maximum Gasteiger partial charge on any atom is 0.307 e. The third-order valence-corrected chi connectivity index (χ3v) is 4.72. The molecule has 7 N–H and O–H groups in total. The maximum absolute atomic E-state index is 11.6. The van der Waals surface area contributed by atoms with E-state index in [4.69, 9.17) is 11.5 Å². The molecule has 5 atom stereocenters. The minimum Gasteiger partial charge on any atom is -0.481 e. The number of aliphatic hydroxyl groups is 1. The van der Waals surface area contributed by atoms with Gasteiger partial charge in [-0.25, -0.2) is 4.99 Å². The van der Waals surface area contributed by atoms with Gasteiger partial charge in [-0.1, -0.05) is 26.7 Å². The molecule has 1 fully saturated rings. The fourth-order valence-electron chi connectivity index (χ4n) is 3.66. The fraction of sp³-hybridized carbons (Fsp3) is 0.800. The Kier molecular flexibility index (Phi) is 6.80. The van der Waals surface area contributed by atoms with E-state index in [0.717, 1.165) is 12.8 Å². The summed E-state index contributed by atoms with van der Waals surface area (Å²) in [6.07, 6.45) is 0.666. The Labute approximate surface area is 136 Å². The first kappa shape index (κ1) is 19.2. The van der Waals surface area contributed by atoms with Gasteiger partial charge in [-0.05, 0) is 12.3 Å². The number of aliphatic hydroxyl groups excluding tert-OH is 1. The van der Waals surface area contributed by atoms with Crippen molar-refractivity contribution in [1.29, 1.82) is 0 Å². The highest BCUT2D eigenvalue weighted by Crippen LogP contribution is 2.40. The zero-order valence-corrected chi connectivity index (χ0v) is 13.9. The molecule has 1 aliphatic rings. The van der Waals surface area contributed by atoms with E-state index in [9.17, 15) is 19.8 Å². The number of carbonyl (C=O) groups excluding carboxylic acids is 1. The lowest BCUT2D eigenvalue weighted by Crippen LogP contribution is -2.50. The normalized spacial score (nSPS) is 28.4. The number of nitrogens with two attached hydrogens (primary N) is 2. The van der Waals surface area contributed by atoms with Crippen molar-refractivity contribution in [2.75, 3.05) is 0 Å². The molecule has 8 nitrogen and oxygen atoms in total. The van der Waals surface area contributed by atoms with Gasteiger partial charge in [-0.2, -0.15) is 0 Å². The number of carboxylic acid groups (broad SMARTS) is 1. The molecule has 0 radical (unpaired) electrons. The molecular weight excluding hydrogens is 300 g/mol. The molecule has 23 heavy (non-hydrogen) atoms. The summed E-state index contributed by atoms with van der Waals surface area (Å²) in [4.78, 5) is 27.2. The standard InChI is InChI=1S/C15H28N4O4/c1-4-8(5-2)12(18-7(3)20)11-9(14(22)23)6-10(13(11)21)19-15(16)17/h8-13,21H,4-6H2,1-3H3,(H,18,20)(H,22,23)(H4,16,17,19)/t9-,10+,11-,12+,13-/m0/s1. The number of carbonyl (C=O) groups is 2. The molecule has 0 spiro atoms. The highest BCUT2D eigenvalue weighted by atomic mass is 16.4. The molecule has 0 aromatic carbocycles. The number of aliphatic imine (C=N–C) groups is 1. The van der Waals surface area contributed by atoms with Gasteiger partial charge in [0.05, 0.1) is 18.1 Å². The number of aliphatic carboxylic acids is 1. The summed E-state index contributed by atoms with van der Waals surface area (Å²) in [5, 5.41) is 23.0. The number of guanidine groups is 1. The SMILES string of the molecule is CCC(CC)[C@@H](NC(C)=O)[C@H]1[C@@H](O)[C@H](N=C(N)N)C[C@@H]1C(=O)O. The molecule has 0 aromatic rings. The van der Waals surface area contributed by atoms with Crippen LogP contribution in [0, 0.1) is 17.8 Å². The summed E-state index contributed by atoms with van der Waals surface area (Å²) >= 11 is 0. The van der Waals surface area contributed by atoms with Gasteiger partial charge in [0.1, 0.15) is 0 Å². The summed E-state index contributed by atoms with van der Waals surface area (Å²) < 4.78 is 0. The van der Waals surface area contributed by atoms with E-state index >= 15 is 0 Å². The van der Waals surface area contributed by atoms with Crippen LogP contribution in [0.5, 0.6) is 0 Å². The van der Waals surface area contributed by atoms with Crippen LogP contribution in [-0.2, 0) is 9.59 Å². The van der Waals surface area contributed by atoms with Gasteiger partial charge in [0.2, 0.25) is 5.91 Å². The van der Waals surface area contributed by atoms with Gasteiger partial charge in [-0.15, -0.1) is 0 Å². The number of amides is 1. The van der Waals surface area contributed by atoms with E-state index in [-0.39, 0.29) is 24.2 Å². The van der Waals surface area contributed by atoms with Crippen molar-refractivity contribution >= 4 is 17.8 Å². The lowest BCUT2D eigenvalue weighted by atomic mass is 9.78. The van der Waals surface area contributed by atoms with E-state index in [2.05, 4.69) is 10.3 Å². The molecule has 0 bridgehead atoms. The smallest absolute Gasteiger partial charge is 0.307 e. The average Bonchev–Trinajstić information content (AvgIpc) is 2.75. The molecular formula is C15H28N4O4. The van der Waals surface area contributed by atoms with Gasteiger partial charge in [0.25, 0.3) is 0 Å². The van der Waals surface area contributed by atoms with Gasteiger partial charge < -0.3 is 27.0 Å². The van der Waals surface area contributed by atoms with Crippen molar-refractivity contribution in [3.63, 3.8) is 0 Å². The van der Waals surface area contributed by atoms with Crippen molar-refractivity contribution < 1.29 is 19.8 Å². The monoisotopic (exact) mass is 328 g/mol. The van der Waals surface area contributed by atoms with Crippen LogP contribution in [0.2, 0.25) is 0 Å². The summed E-state index contributed by atoms with van der Waals surface area (Å²) in [6.45, 7) is 5.35. The fourth-order valence-corrected chi connectivity index (χ4v) is 3.66. The molecule has 1 saturated carbocycles. The number of carboxylic acids is 1. The predicted molar refractivity (Wildman–Crippen MR) is 86.5 cm³/mol. The van der Waals surface area contributed by atoms with Crippen LogP contribution >= 0.6 is 0 Å². The molecule has 0 heterocycles. The molecule has 0 unspecified atom stereocenters. The Bertz CT molecular complexity index is 460. The molecule has 1 amide bonds. The van der Waals surface area contributed by atoms with Crippen LogP contribution in [0.1, 0.15) is 40.0 Å². The van der Waals surface area contributed by atoms with Crippen molar-refractivity contribution in [3.05, 3.63) is 0 Å². The zero-order chi connectivity index (χ0) is 17.7. The van der Waals surface area contributed by atoms with E-state index < -0.39 is 36.0 Å². The number of hydrogen-bond donors (Lipinski definition) is 5. The first-order valence-electron chi connectivity index (χ1n) is 7.99. The molecule has 1 rings (SSSR count). The van der Waals surface area contributed by atoms with Crippen LogP contribution in [0.4, 0.5) is 0 Å². The summed E-state index contributed by atoms with van der Waals surface area (Å²) in [7, 11) is 0. The maximum atomic E-state index is 11.6. The number of hydrogen-bond acceptors (Lipinski definition) is 4. The first-order chi connectivity index (χ1) is 10.7. The zero-order valence-electron chi connectivity index (χ0n) is 13.9. The number of nitrogens with one attached hydrogen (secondary N) is 1.